The molecule has 0 aliphatic rings. The third-order valence-corrected chi connectivity index (χ3v) is 4.41. The molecule has 1 aromatic carbocycles. The van der Waals surface area contributed by atoms with Crippen LogP contribution in [-0.2, 0) is 25.5 Å². The number of ketones is 1. The van der Waals surface area contributed by atoms with Crippen LogP contribution in [0.25, 0.3) is 0 Å². The minimum atomic E-state index is -0.935. The fourth-order valence-corrected chi connectivity index (χ4v) is 3.01. The molecule has 0 fully saturated rings. The van der Waals surface area contributed by atoms with Crippen molar-refractivity contribution in [2.45, 2.75) is 65.6 Å². The van der Waals surface area contributed by atoms with Crippen LogP contribution in [0.3, 0.4) is 0 Å². The lowest BCUT2D eigenvalue weighted by Gasteiger charge is -2.30. The Balaban J connectivity index is 2.82. The van der Waals surface area contributed by atoms with Crippen LogP contribution in [0.1, 0.15) is 57.0 Å². The Morgan fingerprint density at radius 3 is 1.96 bits per heavy atom. The summed E-state index contributed by atoms with van der Waals surface area (Å²) in [6.07, 6.45) is 0.749. The topological polar surface area (TPSA) is 92.8 Å². The molecule has 154 valence electrons. The van der Waals surface area contributed by atoms with Crippen molar-refractivity contribution >= 4 is 23.6 Å². The molecule has 0 saturated heterocycles. The van der Waals surface area contributed by atoms with Crippen molar-refractivity contribution < 1.29 is 23.9 Å². The quantitative estimate of drug-likeness (QED) is 0.417. The number of hydrogen-bond acceptors (Lipinski definition) is 5. The summed E-state index contributed by atoms with van der Waals surface area (Å²) in [5.41, 5.74) is 1.51. The molecule has 0 spiro atoms. The van der Waals surface area contributed by atoms with Gasteiger partial charge in [0.15, 0.2) is 5.78 Å². The van der Waals surface area contributed by atoms with Crippen LogP contribution in [0.2, 0.25) is 0 Å². The summed E-state index contributed by atoms with van der Waals surface area (Å²) in [6, 6.07) is 5.82. The second-order valence-electron chi connectivity index (χ2n) is 7.24. The molecule has 0 saturated carbocycles. The van der Waals surface area contributed by atoms with E-state index in [1.807, 2.05) is 27.7 Å². The second-order valence-corrected chi connectivity index (χ2v) is 7.24. The maximum Gasteiger partial charge on any atom is 0.328 e. The number of nitrogens with one attached hydrogen (secondary N) is 1. The highest BCUT2D eigenvalue weighted by Gasteiger charge is 2.30. The number of nitrogens with zero attached hydrogens (tertiary/aromatic N) is 1. The molecule has 0 aromatic heterocycles. The number of esters is 1. The molecule has 2 amide bonds. The average Bonchev–Trinajstić information content (AvgIpc) is 2.63. The van der Waals surface area contributed by atoms with Gasteiger partial charge in [-0.3, -0.25) is 14.4 Å². The van der Waals surface area contributed by atoms with E-state index in [2.05, 4.69) is 5.32 Å². The van der Waals surface area contributed by atoms with Crippen molar-refractivity contribution in [2.24, 2.45) is 0 Å². The maximum atomic E-state index is 12.5. The number of ether oxygens (including phenoxy) is 1. The predicted molar refractivity (Wildman–Crippen MR) is 106 cm³/mol. The highest BCUT2D eigenvalue weighted by Crippen LogP contribution is 2.11. The fraction of sp³-hybridized carbons (Fsp3) is 0.524. The van der Waals surface area contributed by atoms with Crippen LogP contribution < -0.4 is 5.32 Å². The highest BCUT2D eigenvalue weighted by atomic mass is 16.5. The van der Waals surface area contributed by atoms with Gasteiger partial charge in [0.2, 0.25) is 0 Å². The number of methoxy groups -OCH3 is 1. The Hall–Kier alpha value is -2.70. The fourth-order valence-electron chi connectivity index (χ4n) is 3.01. The number of hydrogen-bond donors (Lipinski definition) is 1. The number of carbonyl (C=O) groups is 4. The van der Waals surface area contributed by atoms with Gasteiger partial charge in [0.1, 0.15) is 6.04 Å². The van der Waals surface area contributed by atoms with E-state index in [0.717, 1.165) is 5.56 Å². The van der Waals surface area contributed by atoms with Gasteiger partial charge in [-0.25, -0.2) is 4.79 Å². The number of Topliss-reactive ketones (excluding diaryl/α,β-unsaturated/α-hetero) is 1. The van der Waals surface area contributed by atoms with Crippen molar-refractivity contribution in [3.63, 3.8) is 0 Å². The molecule has 1 unspecified atom stereocenters. The monoisotopic (exact) mass is 390 g/mol. The largest absolute Gasteiger partial charge is 0.467 e. The van der Waals surface area contributed by atoms with Gasteiger partial charge in [-0.1, -0.05) is 24.3 Å². The summed E-state index contributed by atoms with van der Waals surface area (Å²) in [5, 5.41) is 2.50. The molecule has 1 N–H and O–H groups in total. The zero-order valence-electron chi connectivity index (χ0n) is 17.4. The number of aryl methyl sites for hydroxylation is 1. The molecular weight excluding hydrogens is 360 g/mol. The van der Waals surface area contributed by atoms with Crippen LogP contribution in [-0.4, -0.2) is 53.7 Å². The number of amides is 2. The molecule has 0 radical (unpaired) electrons. The lowest BCUT2D eigenvalue weighted by atomic mass is 10.0. The van der Waals surface area contributed by atoms with E-state index in [1.54, 1.807) is 24.3 Å². The molecule has 0 bridgehead atoms. The Labute approximate surface area is 166 Å². The molecular formula is C21H30N2O5. The molecule has 1 atom stereocenters. The van der Waals surface area contributed by atoms with E-state index in [9.17, 15) is 19.2 Å². The van der Waals surface area contributed by atoms with Gasteiger partial charge in [-0.15, -0.1) is 0 Å². The molecule has 1 aromatic rings. The Bertz CT molecular complexity index is 702. The highest BCUT2D eigenvalue weighted by molar-refractivity contribution is 6.35. The van der Waals surface area contributed by atoms with Crippen molar-refractivity contribution in [3.05, 3.63) is 35.4 Å². The lowest BCUT2D eigenvalue weighted by Crippen LogP contribution is -2.53. The first kappa shape index (κ1) is 23.3. The van der Waals surface area contributed by atoms with E-state index in [4.69, 9.17) is 4.74 Å². The van der Waals surface area contributed by atoms with Crippen molar-refractivity contribution in [1.82, 2.24) is 10.2 Å². The molecule has 0 heterocycles. The smallest absolute Gasteiger partial charge is 0.328 e. The Morgan fingerprint density at radius 2 is 1.54 bits per heavy atom. The summed E-state index contributed by atoms with van der Waals surface area (Å²) in [7, 11) is 1.24. The first-order valence-corrected chi connectivity index (χ1v) is 9.39. The normalized spacial score (nSPS) is 11.9. The van der Waals surface area contributed by atoms with Gasteiger partial charge in [-0.2, -0.15) is 0 Å². The van der Waals surface area contributed by atoms with Gasteiger partial charge in [0.25, 0.3) is 0 Å². The van der Waals surface area contributed by atoms with Gasteiger partial charge in [0.05, 0.1) is 7.11 Å². The minimum Gasteiger partial charge on any atom is -0.467 e. The Kier molecular flexibility index (Phi) is 8.82. The third-order valence-electron chi connectivity index (χ3n) is 4.41. The standard InChI is InChI=1S/C21H30N2O5/c1-13(2)23(14(3)4)20(26)19(25)22-18(21(27)28-6)12-9-16-7-10-17(11-8-16)15(5)24/h7-8,10-11,13-14,18H,9,12H2,1-6H3,(H,22,25). The van der Waals surface area contributed by atoms with E-state index in [1.165, 1.54) is 18.9 Å². The number of benzene rings is 1. The summed E-state index contributed by atoms with van der Waals surface area (Å²) in [4.78, 5) is 49.8. The predicted octanol–water partition coefficient (Wildman–Crippen LogP) is 2.12. The molecule has 28 heavy (non-hydrogen) atoms. The van der Waals surface area contributed by atoms with Crippen LogP contribution in [0.4, 0.5) is 0 Å². The van der Waals surface area contributed by atoms with Crippen LogP contribution >= 0.6 is 0 Å². The molecule has 7 heteroatoms. The molecule has 0 aliphatic carbocycles. The van der Waals surface area contributed by atoms with Gasteiger partial charge in [0, 0.05) is 17.6 Å². The van der Waals surface area contributed by atoms with Gasteiger partial charge >= 0.3 is 17.8 Å². The SMILES string of the molecule is COC(=O)C(CCc1ccc(C(C)=O)cc1)NC(=O)C(=O)N(C(C)C)C(C)C. The Morgan fingerprint density at radius 1 is 1.00 bits per heavy atom. The zero-order valence-corrected chi connectivity index (χ0v) is 17.4. The van der Waals surface area contributed by atoms with Crippen molar-refractivity contribution in [2.75, 3.05) is 7.11 Å². The molecule has 0 aliphatic heterocycles. The second kappa shape index (κ2) is 10.6. The summed E-state index contributed by atoms with van der Waals surface area (Å²) >= 11 is 0. The lowest BCUT2D eigenvalue weighted by molar-refractivity contribution is -0.151. The number of carbonyl (C=O) groups excluding carboxylic acids is 4. The number of rotatable bonds is 8. The summed E-state index contributed by atoms with van der Waals surface area (Å²) < 4.78 is 4.76. The molecule has 1 rings (SSSR count). The summed E-state index contributed by atoms with van der Waals surface area (Å²) in [5.74, 6) is -2.14. The van der Waals surface area contributed by atoms with E-state index in [0.29, 0.717) is 12.0 Å². The van der Waals surface area contributed by atoms with Crippen molar-refractivity contribution in [3.8, 4) is 0 Å². The average molecular weight is 390 g/mol. The van der Waals surface area contributed by atoms with Crippen LogP contribution in [0.5, 0.6) is 0 Å². The van der Waals surface area contributed by atoms with Gasteiger partial charge < -0.3 is 15.0 Å². The molecule has 7 nitrogen and oxygen atoms in total. The van der Waals surface area contributed by atoms with Crippen molar-refractivity contribution in [1.29, 1.82) is 0 Å². The zero-order chi connectivity index (χ0) is 21.4. The van der Waals surface area contributed by atoms with Gasteiger partial charge in [-0.05, 0) is 53.0 Å². The van der Waals surface area contributed by atoms with E-state index >= 15 is 0 Å². The first-order chi connectivity index (χ1) is 13.1. The maximum absolute atomic E-state index is 12.5. The van der Waals surface area contributed by atoms with Crippen LogP contribution in [0.15, 0.2) is 24.3 Å². The minimum absolute atomic E-state index is 0.0235. The third kappa shape index (κ3) is 6.48. The van der Waals surface area contributed by atoms with Crippen LogP contribution in [0, 0.1) is 0 Å². The van der Waals surface area contributed by atoms with E-state index in [-0.39, 0.29) is 24.3 Å². The van der Waals surface area contributed by atoms with E-state index < -0.39 is 23.8 Å². The summed E-state index contributed by atoms with van der Waals surface area (Å²) in [6.45, 7) is 8.80. The first-order valence-electron chi connectivity index (χ1n) is 9.39.